The fraction of sp³-hybridized carbons (Fsp3) is 0.556. The Kier molecular flexibility index (Phi) is 6.84. The predicted molar refractivity (Wildman–Crippen MR) is 90.9 cm³/mol. The summed E-state index contributed by atoms with van der Waals surface area (Å²) in [6.45, 7) is 19.0. The van der Waals surface area contributed by atoms with Crippen LogP contribution in [0.5, 0.6) is 0 Å². The van der Waals surface area contributed by atoms with E-state index in [-0.39, 0.29) is 5.41 Å². The highest BCUT2D eigenvalue weighted by Crippen LogP contribution is 2.31. The minimum atomic E-state index is -0.0226. The lowest BCUT2D eigenvalue weighted by molar-refractivity contribution is 0.484. The maximum absolute atomic E-state index is 6.25. The van der Waals surface area contributed by atoms with Gasteiger partial charge in [0.1, 0.15) is 0 Å². The third-order valence-corrected chi connectivity index (χ3v) is 3.81. The van der Waals surface area contributed by atoms with Crippen LogP contribution < -0.4 is 11.5 Å². The monoisotopic (exact) mass is 276 g/mol. The summed E-state index contributed by atoms with van der Waals surface area (Å²) in [6, 6.07) is 0. The van der Waals surface area contributed by atoms with E-state index in [1.807, 2.05) is 19.1 Å². The minimum Gasteiger partial charge on any atom is -0.402 e. The Morgan fingerprint density at radius 3 is 2.00 bits per heavy atom. The summed E-state index contributed by atoms with van der Waals surface area (Å²) in [5, 5.41) is 0. The van der Waals surface area contributed by atoms with Crippen LogP contribution in [0.3, 0.4) is 0 Å². The summed E-state index contributed by atoms with van der Waals surface area (Å²) < 4.78 is 0. The summed E-state index contributed by atoms with van der Waals surface area (Å²) in [7, 11) is 0. The smallest absolute Gasteiger partial charge is 0.0167 e. The fourth-order valence-electron chi connectivity index (χ4n) is 1.94. The molecule has 0 aliphatic heterocycles. The van der Waals surface area contributed by atoms with Gasteiger partial charge in [-0.2, -0.15) is 0 Å². The van der Waals surface area contributed by atoms with Crippen LogP contribution >= 0.6 is 0 Å². The number of hydrogen-bond acceptors (Lipinski definition) is 2. The van der Waals surface area contributed by atoms with Crippen molar-refractivity contribution in [2.75, 3.05) is 0 Å². The molecule has 0 aliphatic carbocycles. The van der Waals surface area contributed by atoms with Crippen molar-refractivity contribution in [3.8, 4) is 0 Å². The fourth-order valence-corrected chi connectivity index (χ4v) is 1.94. The number of allylic oxidation sites excluding steroid dienone is 7. The first-order chi connectivity index (χ1) is 8.98. The lowest BCUT2D eigenvalue weighted by Gasteiger charge is -2.26. The molecule has 2 heteroatoms. The normalized spacial score (nSPS) is 17.9. The standard InChI is InChI=1S/C18H32N2/c1-12(10-9-11-13(2)19)14(3)15(4)16(5)17(20)18(6,7)8/h9-12,14H,4,19-20H2,1-3,5-8H3/b10-9?,13-11+,17-16+. The molecule has 0 heterocycles. The summed E-state index contributed by atoms with van der Waals surface area (Å²) in [4.78, 5) is 0. The second-order valence-electron chi connectivity index (χ2n) is 6.76. The lowest BCUT2D eigenvalue weighted by Crippen LogP contribution is -2.21. The van der Waals surface area contributed by atoms with E-state index in [0.29, 0.717) is 11.8 Å². The molecule has 0 bridgehead atoms. The third-order valence-electron chi connectivity index (χ3n) is 3.81. The molecule has 0 spiro atoms. The number of nitrogens with two attached hydrogens (primary N) is 2. The number of hydrogen-bond donors (Lipinski definition) is 2. The van der Waals surface area contributed by atoms with Crippen LogP contribution in [0.1, 0.15) is 48.5 Å². The Morgan fingerprint density at radius 2 is 1.60 bits per heavy atom. The van der Waals surface area contributed by atoms with Crippen LogP contribution in [0.15, 0.2) is 47.3 Å². The van der Waals surface area contributed by atoms with Gasteiger partial charge in [-0.05, 0) is 42.9 Å². The number of rotatable bonds is 5. The van der Waals surface area contributed by atoms with Crippen molar-refractivity contribution >= 4 is 0 Å². The summed E-state index contributed by atoms with van der Waals surface area (Å²) in [5.41, 5.74) is 15.8. The molecule has 2 atom stereocenters. The molecule has 0 radical (unpaired) electrons. The minimum absolute atomic E-state index is 0.0226. The predicted octanol–water partition coefficient (Wildman–Crippen LogP) is 4.51. The van der Waals surface area contributed by atoms with Crippen molar-refractivity contribution in [3.63, 3.8) is 0 Å². The van der Waals surface area contributed by atoms with Crippen LogP contribution in [-0.4, -0.2) is 0 Å². The second-order valence-corrected chi connectivity index (χ2v) is 6.76. The molecule has 0 saturated heterocycles. The van der Waals surface area contributed by atoms with Gasteiger partial charge in [0.05, 0.1) is 0 Å². The maximum Gasteiger partial charge on any atom is 0.0167 e. The molecule has 0 fully saturated rings. The average Bonchev–Trinajstić information content (AvgIpc) is 2.33. The molecule has 20 heavy (non-hydrogen) atoms. The summed E-state index contributed by atoms with van der Waals surface area (Å²) in [6.07, 6.45) is 6.08. The van der Waals surface area contributed by atoms with Crippen LogP contribution in [0.25, 0.3) is 0 Å². The zero-order chi connectivity index (χ0) is 16.1. The van der Waals surface area contributed by atoms with Crippen molar-refractivity contribution in [2.24, 2.45) is 28.7 Å². The Hall–Kier alpha value is -1.44. The zero-order valence-corrected chi connectivity index (χ0v) is 14.2. The zero-order valence-electron chi connectivity index (χ0n) is 14.2. The summed E-state index contributed by atoms with van der Waals surface area (Å²) >= 11 is 0. The van der Waals surface area contributed by atoms with E-state index >= 15 is 0 Å². The Morgan fingerprint density at radius 1 is 1.10 bits per heavy atom. The molecule has 2 nitrogen and oxygen atoms in total. The molecular formula is C18H32N2. The molecule has 0 aromatic carbocycles. The lowest BCUT2D eigenvalue weighted by atomic mass is 9.81. The van der Waals surface area contributed by atoms with Gasteiger partial charge >= 0.3 is 0 Å². The van der Waals surface area contributed by atoms with Crippen molar-refractivity contribution < 1.29 is 0 Å². The van der Waals surface area contributed by atoms with Gasteiger partial charge in [0.15, 0.2) is 0 Å². The molecule has 0 aromatic heterocycles. The molecule has 4 N–H and O–H groups in total. The largest absolute Gasteiger partial charge is 0.402 e. The quantitative estimate of drug-likeness (QED) is 0.726. The maximum atomic E-state index is 6.25. The second kappa shape index (κ2) is 7.37. The highest BCUT2D eigenvalue weighted by atomic mass is 14.6. The van der Waals surface area contributed by atoms with E-state index in [4.69, 9.17) is 11.5 Å². The molecule has 2 unspecified atom stereocenters. The van der Waals surface area contributed by atoms with Crippen molar-refractivity contribution in [3.05, 3.63) is 47.3 Å². The van der Waals surface area contributed by atoms with Crippen LogP contribution in [0.2, 0.25) is 0 Å². The van der Waals surface area contributed by atoms with E-state index in [1.165, 1.54) is 0 Å². The van der Waals surface area contributed by atoms with E-state index in [0.717, 1.165) is 22.5 Å². The first kappa shape index (κ1) is 18.6. The van der Waals surface area contributed by atoms with Crippen LogP contribution in [0, 0.1) is 17.3 Å². The van der Waals surface area contributed by atoms with Gasteiger partial charge in [-0.1, -0.05) is 53.3 Å². The van der Waals surface area contributed by atoms with Crippen LogP contribution in [0.4, 0.5) is 0 Å². The molecule has 0 saturated carbocycles. The van der Waals surface area contributed by atoms with E-state index < -0.39 is 0 Å². The SMILES string of the molecule is C=C(/C(C)=C(/N)C(C)(C)C)C(C)C(C)C=C/C=C(\C)N. The first-order valence-electron chi connectivity index (χ1n) is 7.25. The van der Waals surface area contributed by atoms with Gasteiger partial charge in [0, 0.05) is 16.8 Å². The highest BCUT2D eigenvalue weighted by Gasteiger charge is 2.21. The Bertz CT molecular complexity index is 427. The van der Waals surface area contributed by atoms with Gasteiger partial charge in [-0.25, -0.2) is 0 Å². The van der Waals surface area contributed by atoms with Crippen molar-refractivity contribution in [1.82, 2.24) is 0 Å². The highest BCUT2D eigenvalue weighted by molar-refractivity contribution is 5.35. The molecule has 114 valence electrons. The van der Waals surface area contributed by atoms with E-state index in [9.17, 15) is 0 Å². The van der Waals surface area contributed by atoms with Crippen molar-refractivity contribution in [1.29, 1.82) is 0 Å². The van der Waals surface area contributed by atoms with Gasteiger partial charge in [-0.15, -0.1) is 0 Å². The molecule has 0 amide bonds. The van der Waals surface area contributed by atoms with Gasteiger partial charge < -0.3 is 11.5 Å². The van der Waals surface area contributed by atoms with Gasteiger partial charge in [0.25, 0.3) is 0 Å². The van der Waals surface area contributed by atoms with Crippen molar-refractivity contribution in [2.45, 2.75) is 48.5 Å². The summed E-state index contributed by atoms with van der Waals surface area (Å²) in [5.74, 6) is 0.736. The molecular weight excluding hydrogens is 244 g/mol. The molecule has 0 rings (SSSR count). The first-order valence-corrected chi connectivity index (χ1v) is 7.25. The average molecular weight is 276 g/mol. The Balaban J connectivity index is 5.04. The van der Waals surface area contributed by atoms with Gasteiger partial charge in [-0.3, -0.25) is 0 Å². The molecule has 0 aromatic rings. The Labute approximate surface area is 125 Å². The molecule has 0 aliphatic rings. The van der Waals surface area contributed by atoms with Gasteiger partial charge in [0.2, 0.25) is 0 Å². The topological polar surface area (TPSA) is 52.0 Å². The van der Waals surface area contributed by atoms with Crippen LogP contribution in [-0.2, 0) is 0 Å². The van der Waals surface area contributed by atoms with E-state index in [2.05, 4.69) is 54.2 Å². The third kappa shape index (κ3) is 5.68. The van der Waals surface area contributed by atoms with E-state index in [1.54, 1.807) is 0 Å².